The van der Waals surface area contributed by atoms with Crippen molar-refractivity contribution in [1.29, 1.82) is 0 Å². The van der Waals surface area contributed by atoms with E-state index in [1.807, 2.05) is 0 Å². The summed E-state index contributed by atoms with van der Waals surface area (Å²) in [4.78, 5) is 2.34. The van der Waals surface area contributed by atoms with Crippen LogP contribution >= 0.6 is 0 Å². The van der Waals surface area contributed by atoms with Crippen molar-refractivity contribution in [3.8, 4) is 0 Å². The van der Waals surface area contributed by atoms with Crippen LogP contribution in [-0.2, 0) is 0 Å². The Morgan fingerprint density at radius 3 is 2.12 bits per heavy atom. The smallest absolute Gasteiger partial charge is 0.0212 e. The van der Waals surface area contributed by atoms with Crippen molar-refractivity contribution in [2.75, 3.05) is 20.6 Å². The van der Waals surface area contributed by atoms with Crippen LogP contribution in [0.5, 0.6) is 0 Å². The molecule has 2 heteroatoms. The lowest BCUT2D eigenvalue weighted by atomic mass is 9.96. The molecule has 1 aliphatic carbocycles. The largest absolute Gasteiger partial charge is 0.312 e. The van der Waals surface area contributed by atoms with E-state index in [-0.39, 0.29) is 0 Å². The van der Waals surface area contributed by atoms with Crippen molar-refractivity contribution in [2.24, 2.45) is 0 Å². The molecule has 0 aromatic rings. The molecule has 0 aliphatic heterocycles. The van der Waals surface area contributed by atoms with Crippen LogP contribution in [0.2, 0.25) is 0 Å². The molecule has 0 amide bonds. The van der Waals surface area contributed by atoms with Crippen LogP contribution in [0.25, 0.3) is 0 Å². The van der Waals surface area contributed by atoms with Gasteiger partial charge in [0.2, 0.25) is 0 Å². The SMILES string of the molecule is CCC(CNC1CCCCCCC1)N(C)C. The summed E-state index contributed by atoms with van der Waals surface area (Å²) in [5.74, 6) is 0. The van der Waals surface area contributed by atoms with Crippen molar-refractivity contribution < 1.29 is 0 Å². The van der Waals surface area contributed by atoms with Crippen molar-refractivity contribution in [2.45, 2.75) is 70.4 Å². The van der Waals surface area contributed by atoms with E-state index in [9.17, 15) is 0 Å². The van der Waals surface area contributed by atoms with Crippen LogP contribution in [0, 0.1) is 0 Å². The summed E-state index contributed by atoms with van der Waals surface area (Å²) in [6.07, 6.45) is 11.2. The van der Waals surface area contributed by atoms with Gasteiger partial charge in [0.1, 0.15) is 0 Å². The van der Waals surface area contributed by atoms with Gasteiger partial charge in [-0.1, -0.05) is 39.0 Å². The monoisotopic (exact) mass is 226 g/mol. The average molecular weight is 226 g/mol. The highest BCUT2D eigenvalue weighted by Gasteiger charge is 2.14. The molecular weight excluding hydrogens is 196 g/mol. The van der Waals surface area contributed by atoms with Crippen molar-refractivity contribution in [1.82, 2.24) is 10.2 Å². The van der Waals surface area contributed by atoms with Crippen LogP contribution in [0.3, 0.4) is 0 Å². The molecular formula is C14H30N2. The summed E-state index contributed by atoms with van der Waals surface area (Å²) in [7, 11) is 4.38. The topological polar surface area (TPSA) is 15.3 Å². The lowest BCUT2D eigenvalue weighted by Crippen LogP contribution is -2.41. The molecule has 0 radical (unpaired) electrons. The summed E-state index contributed by atoms with van der Waals surface area (Å²) in [5.41, 5.74) is 0. The number of likely N-dealkylation sites (N-methyl/N-ethyl adjacent to an activating group) is 1. The van der Waals surface area contributed by atoms with Crippen LogP contribution in [0.15, 0.2) is 0 Å². The van der Waals surface area contributed by atoms with Gasteiger partial charge in [0.25, 0.3) is 0 Å². The molecule has 1 unspecified atom stereocenters. The quantitative estimate of drug-likeness (QED) is 0.775. The second kappa shape index (κ2) is 8.08. The highest BCUT2D eigenvalue weighted by atomic mass is 15.1. The maximum absolute atomic E-state index is 3.78. The van der Waals surface area contributed by atoms with Gasteiger partial charge in [-0.15, -0.1) is 0 Å². The molecule has 0 heterocycles. The van der Waals surface area contributed by atoms with Crippen molar-refractivity contribution in [3.63, 3.8) is 0 Å². The zero-order valence-electron chi connectivity index (χ0n) is 11.5. The highest BCUT2D eigenvalue weighted by Crippen LogP contribution is 2.17. The third kappa shape index (κ3) is 5.31. The summed E-state index contributed by atoms with van der Waals surface area (Å²) in [6.45, 7) is 3.44. The van der Waals surface area contributed by atoms with Crippen molar-refractivity contribution in [3.05, 3.63) is 0 Å². The lowest BCUT2D eigenvalue weighted by molar-refractivity contribution is 0.259. The first-order valence-electron chi connectivity index (χ1n) is 7.13. The molecule has 1 aliphatic rings. The maximum atomic E-state index is 3.78. The third-order valence-electron chi connectivity index (χ3n) is 3.95. The van der Waals surface area contributed by atoms with Gasteiger partial charge < -0.3 is 10.2 Å². The number of rotatable bonds is 5. The van der Waals surface area contributed by atoms with E-state index in [0.29, 0.717) is 6.04 Å². The Hall–Kier alpha value is -0.0800. The minimum absolute atomic E-state index is 0.699. The van der Waals surface area contributed by atoms with Gasteiger partial charge in [0, 0.05) is 18.6 Å². The average Bonchev–Trinajstić information content (AvgIpc) is 2.20. The summed E-state index contributed by atoms with van der Waals surface area (Å²) < 4.78 is 0. The molecule has 16 heavy (non-hydrogen) atoms. The van der Waals surface area contributed by atoms with E-state index in [2.05, 4.69) is 31.2 Å². The van der Waals surface area contributed by atoms with Gasteiger partial charge in [-0.05, 0) is 33.4 Å². The molecule has 0 spiro atoms. The summed E-state index contributed by atoms with van der Waals surface area (Å²) in [6, 6.07) is 1.49. The molecule has 1 atom stereocenters. The Kier molecular flexibility index (Phi) is 7.06. The molecule has 0 aromatic carbocycles. The fourth-order valence-corrected chi connectivity index (χ4v) is 2.66. The van der Waals surface area contributed by atoms with Gasteiger partial charge in [-0.25, -0.2) is 0 Å². The number of nitrogens with zero attached hydrogens (tertiary/aromatic N) is 1. The summed E-state index contributed by atoms with van der Waals surface area (Å²) >= 11 is 0. The van der Waals surface area contributed by atoms with Crippen LogP contribution in [0.1, 0.15) is 58.3 Å². The fourth-order valence-electron chi connectivity index (χ4n) is 2.66. The Bertz CT molecular complexity index is 160. The molecule has 1 N–H and O–H groups in total. The maximum Gasteiger partial charge on any atom is 0.0212 e. The second-order valence-corrected chi connectivity index (χ2v) is 5.48. The number of nitrogens with one attached hydrogen (secondary N) is 1. The first-order chi connectivity index (χ1) is 7.74. The number of hydrogen-bond acceptors (Lipinski definition) is 2. The molecule has 1 fully saturated rings. The van der Waals surface area contributed by atoms with Gasteiger partial charge in [-0.2, -0.15) is 0 Å². The molecule has 1 rings (SSSR count). The zero-order chi connectivity index (χ0) is 11.8. The normalized spacial score (nSPS) is 21.8. The van der Waals surface area contributed by atoms with Crippen molar-refractivity contribution >= 4 is 0 Å². The fraction of sp³-hybridized carbons (Fsp3) is 1.00. The molecule has 0 bridgehead atoms. The molecule has 96 valence electrons. The second-order valence-electron chi connectivity index (χ2n) is 5.48. The third-order valence-corrected chi connectivity index (χ3v) is 3.95. The summed E-state index contributed by atoms with van der Waals surface area (Å²) in [5, 5.41) is 3.78. The van der Waals surface area contributed by atoms with E-state index in [1.165, 1.54) is 51.4 Å². The zero-order valence-corrected chi connectivity index (χ0v) is 11.5. The van der Waals surface area contributed by atoms with Gasteiger partial charge in [-0.3, -0.25) is 0 Å². The molecule has 1 saturated carbocycles. The lowest BCUT2D eigenvalue weighted by Gasteiger charge is -2.27. The first kappa shape index (κ1) is 14.0. The predicted octanol–water partition coefficient (Wildman–Crippen LogP) is 3.03. The predicted molar refractivity (Wildman–Crippen MR) is 71.9 cm³/mol. The Labute approximate surface area is 102 Å². The standard InChI is InChI=1S/C14H30N2/c1-4-14(16(2)3)12-15-13-10-8-6-5-7-9-11-13/h13-15H,4-12H2,1-3H3. The van der Waals surface area contributed by atoms with E-state index in [0.717, 1.165) is 12.6 Å². The van der Waals surface area contributed by atoms with Crippen LogP contribution < -0.4 is 5.32 Å². The van der Waals surface area contributed by atoms with E-state index in [4.69, 9.17) is 0 Å². The first-order valence-corrected chi connectivity index (χ1v) is 7.13. The van der Waals surface area contributed by atoms with E-state index < -0.39 is 0 Å². The van der Waals surface area contributed by atoms with Crippen LogP contribution in [-0.4, -0.2) is 37.6 Å². The van der Waals surface area contributed by atoms with Gasteiger partial charge >= 0.3 is 0 Å². The Morgan fingerprint density at radius 2 is 1.62 bits per heavy atom. The Morgan fingerprint density at radius 1 is 1.06 bits per heavy atom. The molecule has 0 aromatic heterocycles. The minimum atomic E-state index is 0.699. The minimum Gasteiger partial charge on any atom is -0.312 e. The van der Waals surface area contributed by atoms with Gasteiger partial charge in [0.15, 0.2) is 0 Å². The van der Waals surface area contributed by atoms with E-state index in [1.54, 1.807) is 0 Å². The van der Waals surface area contributed by atoms with Gasteiger partial charge in [0.05, 0.1) is 0 Å². The highest BCUT2D eigenvalue weighted by molar-refractivity contribution is 4.74. The Balaban J connectivity index is 2.23. The number of hydrogen-bond donors (Lipinski definition) is 1. The molecule has 2 nitrogen and oxygen atoms in total. The molecule has 0 saturated heterocycles. The van der Waals surface area contributed by atoms with E-state index >= 15 is 0 Å². The van der Waals surface area contributed by atoms with Crippen LogP contribution in [0.4, 0.5) is 0 Å².